The monoisotopic (exact) mass is 429 g/mol. The Morgan fingerprint density at radius 3 is 2.53 bits per heavy atom. The third-order valence-electron chi connectivity index (χ3n) is 4.70. The molecule has 0 saturated carbocycles. The number of amides is 2. The SMILES string of the molecule is COc1ccccc1NC(=O)c1ccc(NC(=O)Cn2cnc3ncccc3c2=O)cc1. The number of hydrogen-bond acceptors (Lipinski definition) is 6. The first kappa shape index (κ1) is 20.7. The van der Waals surface area contributed by atoms with Crippen molar-refractivity contribution in [2.75, 3.05) is 17.7 Å². The first-order valence-corrected chi connectivity index (χ1v) is 9.69. The number of rotatable bonds is 6. The molecule has 0 spiro atoms. The zero-order valence-electron chi connectivity index (χ0n) is 17.1. The predicted molar refractivity (Wildman–Crippen MR) is 120 cm³/mol. The van der Waals surface area contributed by atoms with Crippen molar-refractivity contribution in [3.8, 4) is 5.75 Å². The van der Waals surface area contributed by atoms with Gasteiger partial charge < -0.3 is 15.4 Å². The molecule has 2 aromatic carbocycles. The van der Waals surface area contributed by atoms with E-state index in [2.05, 4.69) is 20.6 Å². The van der Waals surface area contributed by atoms with E-state index in [1.807, 2.05) is 6.07 Å². The fourth-order valence-electron chi connectivity index (χ4n) is 3.11. The minimum absolute atomic E-state index is 0.202. The van der Waals surface area contributed by atoms with E-state index >= 15 is 0 Å². The maximum Gasteiger partial charge on any atom is 0.263 e. The van der Waals surface area contributed by atoms with Gasteiger partial charge in [0.25, 0.3) is 11.5 Å². The Hall–Kier alpha value is -4.53. The average molecular weight is 429 g/mol. The molecule has 32 heavy (non-hydrogen) atoms. The number of fused-ring (bicyclic) bond motifs is 1. The molecule has 0 aliphatic rings. The van der Waals surface area contributed by atoms with Crippen molar-refractivity contribution in [3.05, 3.63) is 89.1 Å². The van der Waals surface area contributed by atoms with Gasteiger partial charge in [0.05, 0.1) is 18.2 Å². The number of benzene rings is 2. The number of aromatic nitrogens is 3. The van der Waals surface area contributed by atoms with Gasteiger partial charge in [-0.05, 0) is 48.5 Å². The lowest BCUT2D eigenvalue weighted by Crippen LogP contribution is -2.28. The molecule has 2 N–H and O–H groups in total. The summed E-state index contributed by atoms with van der Waals surface area (Å²) < 4.78 is 6.45. The Morgan fingerprint density at radius 2 is 1.75 bits per heavy atom. The van der Waals surface area contributed by atoms with Crippen LogP contribution in [0.3, 0.4) is 0 Å². The lowest BCUT2D eigenvalue weighted by Gasteiger charge is -2.11. The second-order valence-electron chi connectivity index (χ2n) is 6.83. The topological polar surface area (TPSA) is 115 Å². The number of carbonyl (C=O) groups is 2. The van der Waals surface area contributed by atoms with E-state index in [0.29, 0.717) is 33.7 Å². The Labute approximate surface area is 182 Å². The maximum absolute atomic E-state index is 12.5. The van der Waals surface area contributed by atoms with Gasteiger partial charge in [0.15, 0.2) is 5.65 Å². The Morgan fingerprint density at radius 1 is 0.969 bits per heavy atom. The normalized spacial score (nSPS) is 10.5. The highest BCUT2D eigenvalue weighted by atomic mass is 16.5. The number of methoxy groups -OCH3 is 1. The molecule has 2 amide bonds. The lowest BCUT2D eigenvalue weighted by molar-refractivity contribution is -0.116. The van der Waals surface area contributed by atoms with Crippen molar-refractivity contribution in [2.24, 2.45) is 0 Å². The predicted octanol–water partition coefficient (Wildman–Crippen LogP) is 2.69. The van der Waals surface area contributed by atoms with E-state index in [0.717, 1.165) is 0 Å². The van der Waals surface area contributed by atoms with Crippen LogP contribution < -0.4 is 20.9 Å². The fourth-order valence-corrected chi connectivity index (χ4v) is 3.11. The van der Waals surface area contributed by atoms with E-state index in [-0.39, 0.29) is 18.0 Å². The molecule has 0 saturated heterocycles. The number of hydrogen-bond donors (Lipinski definition) is 2. The summed E-state index contributed by atoms with van der Waals surface area (Å²) in [6.07, 6.45) is 2.84. The van der Waals surface area contributed by atoms with E-state index in [4.69, 9.17) is 4.74 Å². The first-order valence-electron chi connectivity index (χ1n) is 9.69. The molecule has 2 heterocycles. The standard InChI is InChI=1S/C23H19N5O4/c1-32-19-7-3-2-6-18(19)27-22(30)15-8-10-16(11-9-15)26-20(29)13-28-14-25-21-17(23(28)31)5-4-12-24-21/h2-12,14H,13H2,1H3,(H,26,29)(H,27,30). The smallest absolute Gasteiger partial charge is 0.263 e. The largest absolute Gasteiger partial charge is 0.495 e. The molecule has 0 radical (unpaired) electrons. The van der Waals surface area contributed by atoms with Crippen LogP contribution in [0.15, 0.2) is 78.0 Å². The zero-order chi connectivity index (χ0) is 22.5. The summed E-state index contributed by atoms with van der Waals surface area (Å²) in [4.78, 5) is 45.5. The number of nitrogens with one attached hydrogen (secondary N) is 2. The summed E-state index contributed by atoms with van der Waals surface area (Å²) in [6, 6.07) is 16.8. The fraction of sp³-hybridized carbons (Fsp3) is 0.0870. The third-order valence-corrected chi connectivity index (χ3v) is 4.70. The molecular weight excluding hydrogens is 410 g/mol. The molecular formula is C23H19N5O4. The van der Waals surface area contributed by atoms with Gasteiger partial charge in [-0.1, -0.05) is 12.1 Å². The highest BCUT2D eigenvalue weighted by molar-refractivity contribution is 6.05. The second kappa shape index (κ2) is 9.09. The van der Waals surface area contributed by atoms with Gasteiger partial charge in [-0.2, -0.15) is 0 Å². The van der Waals surface area contributed by atoms with Crippen molar-refractivity contribution < 1.29 is 14.3 Å². The van der Waals surface area contributed by atoms with Crippen LogP contribution >= 0.6 is 0 Å². The van der Waals surface area contributed by atoms with Gasteiger partial charge in [0.2, 0.25) is 5.91 Å². The Bertz CT molecular complexity index is 1350. The minimum atomic E-state index is -0.400. The summed E-state index contributed by atoms with van der Waals surface area (Å²) in [5, 5.41) is 5.84. The molecule has 2 aromatic heterocycles. The van der Waals surface area contributed by atoms with Crippen LogP contribution in [0.4, 0.5) is 11.4 Å². The lowest BCUT2D eigenvalue weighted by atomic mass is 10.2. The Balaban J connectivity index is 1.41. The third kappa shape index (κ3) is 4.46. The maximum atomic E-state index is 12.5. The molecule has 0 aliphatic carbocycles. The summed E-state index contributed by atoms with van der Waals surface area (Å²) >= 11 is 0. The summed E-state index contributed by atoms with van der Waals surface area (Å²) in [6.45, 7) is -0.202. The Kier molecular flexibility index (Phi) is 5.89. The molecule has 4 rings (SSSR count). The van der Waals surface area contributed by atoms with Gasteiger partial charge in [-0.25, -0.2) is 9.97 Å². The van der Waals surface area contributed by atoms with E-state index < -0.39 is 5.91 Å². The van der Waals surface area contributed by atoms with Gasteiger partial charge in [0.1, 0.15) is 18.6 Å². The highest BCUT2D eigenvalue weighted by Crippen LogP contribution is 2.23. The molecule has 9 heteroatoms. The molecule has 0 unspecified atom stereocenters. The average Bonchev–Trinajstić information content (AvgIpc) is 2.82. The number of ether oxygens (including phenoxy) is 1. The molecule has 9 nitrogen and oxygen atoms in total. The number of pyridine rings is 1. The van der Waals surface area contributed by atoms with E-state index in [9.17, 15) is 14.4 Å². The molecule has 0 aliphatic heterocycles. The highest BCUT2D eigenvalue weighted by Gasteiger charge is 2.11. The van der Waals surface area contributed by atoms with Gasteiger partial charge in [0, 0.05) is 17.4 Å². The van der Waals surface area contributed by atoms with Crippen LogP contribution in [0, 0.1) is 0 Å². The summed E-state index contributed by atoms with van der Waals surface area (Å²) in [5.41, 5.74) is 1.45. The van der Waals surface area contributed by atoms with E-state index in [1.54, 1.807) is 60.8 Å². The zero-order valence-corrected chi connectivity index (χ0v) is 17.1. The number of nitrogens with zero attached hydrogens (tertiary/aromatic N) is 3. The van der Waals surface area contributed by atoms with Crippen LogP contribution in [0.5, 0.6) is 5.75 Å². The molecule has 160 valence electrons. The van der Waals surface area contributed by atoms with Crippen LogP contribution in [0.2, 0.25) is 0 Å². The van der Waals surface area contributed by atoms with Crippen molar-refractivity contribution >= 4 is 34.2 Å². The van der Waals surface area contributed by atoms with Crippen LogP contribution in [-0.2, 0) is 11.3 Å². The minimum Gasteiger partial charge on any atom is -0.495 e. The quantitative estimate of drug-likeness (QED) is 0.487. The molecule has 0 atom stereocenters. The number of para-hydroxylation sites is 2. The summed E-state index contributed by atoms with van der Waals surface area (Å²) in [5.74, 6) is -0.155. The van der Waals surface area contributed by atoms with Crippen molar-refractivity contribution in [2.45, 2.75) is 6.54 Å². The van der Waals surface area contributed by atoms with Gasteiger partial charge >= 0.3 is 0 Å². The number of carbonyl (C=O) groups excluding carboxylic acids is 2. The van der Waals surface area contributed by atoms with Crippen molar-refractivity contribution in [1.82, 2.24) is 14.5 Å². The van der Waals surface area contributed by atoms with Gasteiger partial charge in [-0.3, -0.25) is 19.0 Å². The molecule has 0 bridgehead atoms. The van der Waals surface area contributed by atoms with Crippen molar-refractivity contribution in [3.63, 3.8) is 0 Å². The summed E-state index contributed by atoms with van der Waals surface area (Å²) in [7, 11) is 1.53. The van der Waals surface area contributed by atoms with Crippen LogP contribution in [0.1, 0.15) is 10.4 Å². The second-order valence-corrected chi connectivity index (χ2v) is 6.83. The van der Waals surface area contributed by atoms with Crippen molar-refractivity contribution in [1.29, 1.82) is 0 Å². The molecule has 4 aromatic rings. The van der Waals surface area contributed by atoms with Gasteiger partial charge in [-0.15, -0.1) is 0 Å². The first-order chi connectivity index (χ1) is 15.5. The van der Waals surface area contributed by atoms with Crippen LogP contribution in [0.25, 0.3) is 11.0 Å². The molecule has 0 fully saturated rings. The van der Waals surface area contributed by atoms with Crippen LogP contribution in [-0.4, -0.2) is 33.5 Å². The van der Waals surface area contributed by atoms with E-state index in [1.165, 1.54) is 18.0 Å². The number of anilines is 2.